The van der Waals surface area contributed by atoms with Crippen LogP contribution in [0.15, 0.2) is 24.3 Å². The van der Waals surface area contributed by atoms with Crippen LogP contribution in [0.5, 0.6) is 0 Å². The number of carbonyl (C=O) groups excluding carboxylic acids is 1. The monoisotopic (exact) mass is 265 g/mol. The molecule has 19 heavy (non-hydrogen) atoms. The molecule has 0 radical (unpaired) electrons. The number of ether oxygens (including phenoxy) is 1. The number of hydrogen-bond donors (Lipinski definition) is 0. The summed E-state index contributed by atoms with van der Waals surface area (Å²) in [5.74, 6) is -0.384. The van der Waals surface area contributed by atoms with Crippen molar-refractivity contribution in [1.29, 1.82) is 0 Å². The summed E-state index contributed by atoms with van der Waals surface area (Å²) in [6.07, 6.45) is 0. The molecule has 7 heteroatoms. The highest BCUT2D eigenvalue weighted by molar-refractivity contribution is 5.90. The Kier molecular flexibility index (Phi) is 3.84. The number of esters is 1. The number of benzene rings is 1. The molecule has 0 spiro atoms. The van der Waals surface area contributed by atoms with E-state index in [0.717, 1.165) is 5.69 Å². The topological polar surface area (TPSA) is 75.9 Å². The largest absolute Gasteiger partial charge is 0.465 e. The van der Waals surface area contributed by atoms with E-state index in [9.17, 15) is 14.9 Å². The molecule has 1 aromatic rings. The highest BCUT2D eigenvalue weighted by Gasteiger charge is 2.23. The second-order valence-corrected chi connectivity index (χ2v) is 4.22. The fourth-order valence-electron chi connectivity index (χ4n) is 2.06. The second-order valence-electron chi connectivity index (χ2n) is 4.22. The summed E-state index contributed by atoms with van der Waals surface area (Å²) in [6, 6.07) is 7.09. The number of hydrazine groups is 1. The molecule has 0 bridgehead atoms. The van der Waals surface area contributed by atoms with Gasteiger partial charge in [-0.2, -0.15) is 0 Å². The number of nitro groups is 1. The first kappa shape index (κ1) is 13.1. The molecular weight excluding hydrogens is 250 g/mol. The van der Waals surface area contributed by atoms with Gasteiger partial charge in [0.1, 0.15) is 0 Å². The molecule has 7 nitrogen and oxygen atoms in total. The molecule has 0 saturated carbocycles. The van der Waals surface area contributed by atoms with Gasteiger partial charge in [0, 0.05) is 18.8 Å². The smallest absolute Gasteiger partial charge is 0.337 e. The van der Waals surface area contributed by atoms with Crippen LogP contribution in [0, 0.1) is 10.1 Å². The lowest BCUT2D eigenvalue weighted by atomic mass is 10.1. The first-order chi connectivity index (χ1) is 9.11. The highest BCUT2D eigenvalue weighted by Crippen LogP contribution is 2.18. The number of anilines is 1. The SMILES string of the molecule is COC(=O)c1cccc(N2CCN([N+](=O)[O-])CC2)c1. The number of rotatable bonds is 3. The van der Waals surface area contributed by atoms with Crippen LogP contribution in [-0.4, -0.2) is 49.3 Å². The zero-order valence-corrected chi connectivity index (χ0v) is 10.6. The van der Waals surface area contributed by atoms with Gasteiger partial charge in [-0.05, 0) is 18.2 Å². The number of carbonyl (C=O) groups is 1. The van der Waals surface area contributed by atoms with Crippen LogP contribution < -0.4 is 4.90 Å². The Hall–Kier alpha value is -2.31. The number of piperazine rings is 1. The Labute approximate surface area is 110 Å². The number of hydrogen-bond acceptors (Lipinski definition) is 5. The van der Waals surface area contributed by atoms with Gasteiger partial charge in [0.2, 0.25) is 0 Å². The summed E-state index contributed by atoms with van der Waals surface area (Å²) >= 11 is 0. The molecule has 1 aromatic carbocycles. The Morgan fingerprint density at radius 2 is 2.00 bits per heavy atom. The quantitative estimate of drug-likeness (QED) is 0.457. The maximum atomic E-state index is 11.5. The molecule has 0 aliphatic carbocycles. The maximum absolute atomic E-state index is 11.5. The standard InChI is InChI=1S/C12H15N3O4/c1-19-12(16)10-3-2-4-11(9-10)13-5-7-14(8-6-13)15(17)18/h2-4,9H,5-8H2,1H3. The normalized spacial score (nSPS) is 15.2. The van der Waals surface area contributed by atoms with E-state index in [1.54, 1.807) is 18.2 Å². The molecule has 1 aliphatic rings. The van der Waals surface area contributed by atoms with E-state index in [-0.39, 0.29) is 11.0 Å². The molecule has 1 heterocycles. The van der Waals surface area contributed by atoms with Crippen molar-refractivity contribution in [3.8, 4) is 0 Å². The minimum atomic E-state index is -0.384. The first-order valence-electron chi connectivity index (χ1n) is 5.94. The Balaban J connectivity index is 2.07. The summed E-state index contributed by atoms with van der Waals surface area (Å²) in [5, 5.41) is 11.5. The lowest BCUT2D eigenvalue weighted by Crippen LogP contribution is -2.48. The van der Waals surface area contributed by atoms with E-state index in [0.29, 0.717) is 31.7 Å². The van der Waals surface area contributed by atoms with Gasteiger partial charge in [0.25, 0.3) is 0 Å². The average Bonchev–Trinajstić information content (AvgIpc) is 2.46. The minimum Gasteiger partial charge on any atom is -0.465 e. The zero-order chi connectivity index (χ0) is 13.8. The van der Waals surface area contributed by atoms with Crippen molar-refractivity contribution in [3.05, 3.63) is 39.9 Å². The van der Waals surface area contributed by atoms with Gasteiger partial charge >= 0.3 is 5.97 Å². The molecule has 1 fully saturated rings. The summed E-state index contributed by atoms with van der Waals surface area (Å²) < 4.78 is 4.67. The number of nitrogens with zero attached hydrogens (tertiary/aromatic N) is 3. The third-order valence-corrected chi connectivity index (χ3v) is 3.12. The van der Waals surface area contributed by atoms with Crippen LogP contribution in [0.25, 0.3) is 0 Å². The van der Waals surface area contributed by atoms with Crippen molar-refractivity contribution < 1.29 is 14.6 Å². The zero-order valence-electron chi connectivity index (χ0n) is 10.6. The van der Waals surface area contributed by atoms with E-state index < -0.39 is 0 Å². The summed E-state index contributed by atoms with van der Waals surface area (Å²) in [6.45, 7) is 1.86. The molecule has 0 N–H and O–H groups in total. The Morgan fingerprint density at radius 1 is 1.32 bits per heavy atom. The summed E-state index contributed by atoms with van der Waals surface area (Å²) in [5.41, 5.74) is 1.36. The van der Waals surface area contributed by atoms with E-state index in [1.165, 1.54) is 12.1 Å². The predicted octanol–water partition coefficient (Wildman–Crippen LogP) is 0.787. The van der Waals surface area contributed by atoms with Gasteiger partial charge in [0.15, 0.2) is 5.03 Å². The fraction of sp³-hybridized carbons (Fsp3) is 0.417. The summed E-state index contributed by atoms with van der Waals surface area (Å²) in [7, 11) is 1.34. The third kappa shape index (κ3) is 2.93. The molecule has 1 saturated heterocycles. The van der Waals surface area contributed by atoms with Crippen molar-refractivity contribution in [2.45, 2.75) is 0 Å². The molecule has 0 amide bonds. The maximum Gasteiger partial charge on any atom is 0.337 e. The lowest BCUT2D eigenvalue weighted by Gasteiger charge is -2.31. The predicted molar refractivity (Wildman–Crippen MR) is 68.6 cm³/mol. The van der Waals surface area contributed by atoms with Gasteiger partial charge in [-0.25, -0.2) is 14.9 Å². The van der Waals surface area contributed by atoms with Crippen molar-refractivity contribution in [3.63, 3.8) is 0 Å². The van der Waals surface area contributed by atoms with Crippen LogP contribution >= 0.6 is 0 Å². The molecular formula is C12H15N3O4. The lowest BCUT2D eigenvalue weighted by molar-refractivity contribution is -0.655. The van der Waals surface area contributed by atoms with Crippen LogP contribution in [0.1, 0.15) is 10.4 Å². The molecule has 1 aliphatic heterocycles. The second kappa shape index (κ2) is 5.55. The van der Waals surface area contributed by atoms with E-state index in [2.05, 4.69) is 4.74 Å². The average molecular weight is 265 g/mol. The first-order valence-corrected chi connectivity index (χ1v) is 5.94. The Morgan fingerprint density at radius 3 is 2.58 bits per heavy atom. The fourth-order valence-corrected chi connectivity index (χ4v) is 2.06. The van der Waals surface area contributed by atoms with Crippen molar-refractivity contribution in [2.24, 2.45) is 0 Å². The van der Waals surface area contributed by atoms with Crippen LogP contribution in [0.3, 0.4) is 0 Å². The third-order valence-electron chi connectivity index (χ3n) is 3.12. The van der Waals surface area contributed by atoms with Crippen molar-refractivity contribution in [2.75, 3.05) is 38.2 Å². The Bertz CT molecular complexity index is 484. The van der Waals surface area contributed by atoms with Crippen molar-refractivity contribution in [1.82, 2.24) is 5.01 Å². The number of methoxy groups -OCH3 is 1. The molecule has 0 aromatic heterocycles. The van der Waals surface area contributed by atoms with Crippen LogP contribution in [-0.2, 0) is 4.74 Å². The minimum absolute atomic E-state index is 0.370. The van der Waals surface area contributed by atoms with E-state index in [1.807, 2.05) is 11.0 Å². The van der Waals surface area contributed by atoms with E-state index >= 15 is 0 Å². The van der Waals surface area contributed by atoms with E-state index in [4.69, 9.17) is 0 Å². The molecule has 2 rings (SSSR count). The summed E-state index contributed by atoms with van der Waals surface area (Å²) in [4.78, 5) is 24.1. The van der Waals surface area contributed by atoms with Gasteiger partial charge < -0.3 is 9.64 Å². The van der Waals surface area contributed by atoms with Gasteiger partial charge in [-0.1, -0.05) is 6.07 Å². The van der Waals surface area contributed by atoms with Crippen LogP contribution in [0.2, 0.25) is 0 Å². The molecule has 102 valence electrons. The van der Waals surface area contributed by atoms with Gasteiger partial charge in [-0.15, -0.1) is 5.01 Å². The highest BCUT2D eigenvalue weighted by atomic mass is 16.7. The molecule has 0 atom stereocenters. The molecule has 0 unspecified atom stereocenters. The van der Waals surface area contributed by atoms with Gasteiger partial charge in [-0.3, -0.25) is 0 Å². The van der Waals surface area contributed by atoms with Crippen LogP contribution in [0.4, 0.5) is 5.69 Å². The van der Waals surface area contributed by atoms with Gasteiger partial charge in [0.05, 0.1) is 25.8 Å². The van der Waals surface area contributed by atoms with Crippen molar-refractivity contribution >= 4 is 11.7 Å².